The Kier molecular flexibility index (Phi) is 15.9. The molecule has 0 fully saturated rings. The first-order valence-corrected chi connectivity index (χ1v) is 8.06. The monoisotopic (exact) mass is 241 g/mol. The molecule has 1 N–H and O–H groups in total. The van der Waals surface area contributed by atoms with Crippen LogP contribution in [0.3, 0.4) is 0 Å². The van der Waals surface area contributed by atoms with Gasteiger partial charge in [0, 0.05) is 0 Å². The molecule has 0 aliphatic rings. The predicted molar refractivity (Wildman–Crippen MR) is 79.6 cm³/mol. The molecule has 0 atom stereocenters. The van der Waals surface area contributed by atoms with Crippen LogP contribution in [0.1, 0.15) is 90.4 Å². The van der Waals surface area contributed by atoms with E-state index in [1.807, 2.05) is 7.05 Å². The second-order valence-corrected chi connectivity index (χ2v) is 5.35. The summed E-state index contributed by atoms with van der Waals surface area (Å²) in [5.74, 6) is 0. The molecule has 0 aliphatic carbocycles. The molecule has 0 heterocycles. The summed E-state index contributed by atoms with van der Waals surface area (Å²) >= 11 is 0. The smallest absolute Gasteiger partial charge is 0.00519 e. The highest BCUT2D eigenvalue weighted by atomic mass is 14.8. The summed E-state index contributed by atoms with van der Waals surface area (Å²) < 4.78 is 0. The molecule has 17 heavy (non-hydrogen) atoms. The molecular weight excluding hydrogens is 206 g/mol. The van der Waals surface area contributed by atoms with Gasteiger partial charge < -0.3 is 5.32 Å². The van der Waals surface area contributed by atoms with E-state index in [1.165, 1.54) is 90.0 Å². The molecule has 0 rings (SSSR count). The molecule has 0 amide bonds. The van der Waals surface area contributed by atoms with Gasteiger partial charge in [0.2, 0.25) is 0 Å². The van der Waals surface area contributed by atoms with Crippen LogP contribution in [0.15, 0.2) is 0 Å². The quantitative estimate of drug-likeness (QED) is 0.407. The highest BCUT2D eigenvalue weighted by Gasteiger charge is 1.93. The van der Waals surface area contributed by atoms with Crippen molar-refractivity contribution in [1.29, 1.82) is 0 Å². The van der Waals surface area contributed by atoms with Crippen molar-refractivity contribution >= 4 is 0 Å². The van der Waals surface area contributed by atoms with E-state index in [0.717, 1.165) is 0 Å². The minimum atomic E-state index is 1.19. The first-order valence-electron chi connectivity index (χ1n) is 8.06. The van der Waals surface area contributed by atoms with E-state index < -0.39 is 0 Å². The second kappa shape index (κ2) is 16.0. The Bertz CT molecular complexity index is 109. The topological polar surface area (TPSA) is 12.0 Å². The fourth-order valence-corrected chi connectivity index (χ4v) is 2.32. The third-order valence-electron chi connectivity index (χ3n) is 3.53. The SMILES string of the molecule is CCCCCCCCCCCCCCCNC. The molecule has 0 aliphatic heterocycles. The van der Waals surface area contributed by atoms with Gasteiger partial charge >= 0.3 is 0 Å². The predicted octanol–water partition coefficient (Wildman–Crippen LogP) is 5.30. The van der Waals surface area contributed by atoms with Gasteiger partial charge in [-0.1, -0.05) is 84.0 Å². The van der Waals surface area contributed by atoms with Gasteiger partial charge in [-0.05, 0) is 20.0 Å². The molecule has 1 nitrogen and oxygen atoms in total. The van der Waals surface area contributed by atoms with Crippen LogP contribution in [-0.4, -0.2) is 13.6 Å². The zero-order valence-corrected chi connectivity index (χ0v) is 12.4. The Morgan fingerprint density at radius 1 is 0.529 bits per heavy atom. The van der Waals surface area contributed by atoms with Gasteiger partial charge in [-0.3, -0.25) is 0 Å². The number of hydrogen-bond acceptors (Lipinski definition) is 1. The lowest BCUT2D eigenvalue weighted by molar-refractivity contribution is 0.537. The Morgan fingerprint density at radius 2 is 0.882 bits per heavy atom. The average Bonchev–Trinajstić information content (AvgIpc) is 2.35. The molecule has 104 valence electrons. The van der Waals surface area contributed by atoms with E-state index in [1.54, 1.807) is 0 Å². The first kappa shape index (κ1) is 17.0. The van der Waals surface area contributed by atoms with E-state index in [0.29, 0.717) is 0 Å². The molecule has 0 saturated heterocycles. The van der Waals surface area contributed by atoms with Crippen LogP contribution in [0.4, 0.5) is 0 Å². The van der Waals surface area contributed by atoms with Crippen LogP contribution >= 0.6 is 0 Å². The van der Waals surface area contributed by atoms with Crippen molar-refractivity contribution in [2.75, 3.05) is 13.6 Å². The number of hydrogen-bond donors (Lipinski definition) is 1. The number of unbranched alkanes of at least 4 members (excludes halogenated alkanes) is 12. The third kappa shape index (κ3) is 16.0. The molecule has 1 heteroatoms. The summed E-state index contributed by atoms with van der Waals surface area (Å²) in [5, 5.41) is 3.21. The zero-order valence-electron chi connectivity index (χ0n) is 12.4. The van der Waals surface area contributed by atoms with Crippen molar-refractivity contribution in [3.05, 3.63) is 0 Å². The lowest BCUT2D eigenvalue weighted by Crippen LogP contribution is -2.06. The van der Waals surface area contributed by atoms with Crippen LogP contribution < -0.4 is 5.32 Å². The van der Waals surface area contributed by atoms with E-state index >= 15 is 0 Å². The molecule has 0 radical (unpaired) electrons. The largest absolute Gasteiger partial charge is 0.320 e. The standard InChI is InChI=1S/C16H35N/c1-3-4-5-6-7-8-9-10-11-12-13-14-15-16-17-2/h17H,3-16H2,1-2H3. The van der Waals surface area contributed by atoms with E-state index in [-0.39, 0.29) is 0 Å². The fourth-order valence-electron chi connectivity index (χ4n) is 2.32. The van der Waals surface area contributed by atoms with Gasteiger partial charge in [0.15, 0.2) is 0 Å². The Hall–Kier alpha value is -0.0400. The van der Waals surface area contributed by atoms with E-state index in [2.05, 4.69) is 12.2 Å². The Balaban J connectivity index is 2.85. The van der Waals surface area contributed by atoms with Crippen LogP contribution in [0.5, 0.6) is 0 Å². The van der Waals surface area contributed by atoms with Gasteiger partial charge in [-0.25, -0.2) is 0 Å². The highest BCUT2D eigenvalue weighted by molar-refractivity contribution is 4.49. The van der Waals surface area contributed by atoms with Gasteiger partial charge in [-0.15, -0.1) is 0 Å². The number of nitrogens with one attached hydrogen (secondary N) is 1. The summed E-state index contributed by atoms with van der Waals surface area (Å²) in [4.78, 5) is 0. The molecule has 0 bridgehead atoms. The average molecular weight is 241 g/mol. The van der Waals surface area contributed by atoms with Crippen LogP contribution in [0.2, 0.25) is 0 Å². The minimum absolute atomic E-state index is 1.19. The summed E-state index contributed by atoms with van der Waals surface area (Å²) in [6, 6.07) is 0. The molecule has 0 unspecified atom stereocenters. The summed E-state index contributed by atoms with van der Waals surface area (Å²) in [6.07, 6.45) is 18.8. The second-order valence-electron chi connectivity index (χ2n) is 5.35. The van der Waals surface area contributed by atoms with Crippen molar-refractivity contribution < 1.29 is 0 Å². The van der Waals surface area contributed by atoms with Crippen molar-refractivity contribution in [3.63, 3.8) is 0 Å². The van der Waals surface area contributed by atoms with Gasteiger partial charge in [0.25, 0.3) is 0 Å². The molecule has 0 aromatic heterocycles. The summed E-state index contributed by atoms with van der Waals surface area (Å²) in [7, 11) is 2.04. The maximum Gasteiger partial charge on any atom is -0.00519 e. The minimum Gasteiger partial charge on any atom is -0.320 e. The van der Waals surface area contributed by atoms with Crippen LogP contribution in [0.25, 0.3) is 0 Å². The van der Waals surface area contributed by atoms with E-state index in [4.69, 9.17) is 0 Å². The lowest BCUT2D eigenvalue weighted by atomic mass is 10.0. The maximum absolute atomic E-state index is 3.21. The summed E-state index contributed by atoms with van der Waals surface area (Å²) in [6.45, 7) is 3.48. The number of rotatable bonds is 14. The molecule has 0 aromatic carbocycles. The molecule has 0 spiro atoms. The van der Waals surface area contributed by atoms with Crippen molar-refractivity contribution in [2.24, 2.45) is 0 Å². The van der Waals surface area contributed by atoms with Crippen LogP contribution in [0, 0.1) is 0 Å². The van der Waals surface area contributed by atoms with E-state index in [9.17, 15) is 0 Å². The Morgan fingerprint density at radius 3 is 1.24 bits per heavy atom. The van der Waals surface area contributed by atoms with Crippen molar-refractivity contribution in [3.8, 4) is 0 Å². The van der Waals surface area contributed by atoms with Gasteiger partial charge in [0.1, 0.15) is 0 Å². The van der Waals surface area contributed by atoms with Crippen LogP contribution in [-0.2, 0) is 0 Å². The third-order valence-corrected chi connectivity index (χ3v) is 3.53. The Labute approximate surface area is 110 Å². The van der Waals surface area contributed by atoms with Crippen molar-refractivity contribution in [1.82, 2.24) is 5.32 Å². The fraction of sp³-hybridized carbons (Fsp3) is 1.00. The van der Waals surface area contributed by atoms with Crippen molar-refractivity contribution in [2.45, 2.75) is 90.4 Å². The van der Waals surface area contributed by atoms with Gasteiger partial charge in [0.05, 0.1) is 0 Å². The maximum atomic E-state index is 3.21. The normalized spacial score (nSPS) is 10.9. The highest BCUT2D eigenvalue weighted by Crippen LogP contribution is 2.12. The molecular formula is C16H35N. The summed E-state index contributed by atoms with van der Waals surface area (Å²) in [5.41, 5.74) is 0. The molecule has 0 saturated carbocycles. The zero-order chi connectivity index (χ0) is 12.6. The first-order chi connectivity index (χ1) is 8.41. The molecule has 0 aromatic rings. The lowest BCUT2D eigenvalue weighted by Gasteiger charge is -2.02. The van der Waals surface area contributed by atoms with Gasteiger partial charge in [-0.2, -0.15) is 0 Å².